The number of ether oxygens (including phenoxy) is 2. The standard InChI is InChI=1S/C20H21N5O3/c1-27-17-7-6-14(11-18(17)28-2)12-24-20-22-10-8-16(25-20)19(26)23-13-15-5-3-4-9-21-15/h3-11H,12-13H2,1-2H3,(H,23,26)(H,22,24,25). The summed E-state index contributed by atoms with van der Waals surface area (Å²) in [5, 5.41) is 5.90. The number of amides is 1. The fourth-order valence-corrected chi connectivity index (χ4v) is 2.51. The molecule has 0 fully saturated rings. The van der Waals surface area contributed by atoms with E-state index in [4.69, 9.17) is 9.47 Å². The second-order valence-corrected chi connectivity index (χ2v) is 5.81. The summed E-state index contributed by atoms with van der Waals surface area (Å²) in [6, 6.07) is 12.7. The van der Waals surface area contributed by atoms with Crippen molar-refractivity contribution < 1.29 is 14.3 Å². The molecular formula is C20H21N5O3. The molecule has 28 heavy (non-hydrogen) atoms. The van der Waals surface area contributed by atoms with Crippen molar-refractivity contribution in [3.8, 4) is 11.5 Å². The molecule has 0 saturated heterocycles. The van der Waals surface area contributed by atoms with Crippen molar-refractivity contribution in [3.05, 3.63) is 71.8 Å². The van der Waals surface area contributed by atoms with Gasteiger partial charge in [0, 0.05) is 18.9 Å². The first kappa shape index (κ1) is 19.1. The number of nitrogens with zero attached hydrogens (tertiary/aromatic N) is 3. The third-order valence-corrected chi connectivity index (χ3v) is 3.94. The first-order chi connectivity index (χ1) is 13.7. The molecule has 0 aliphatic rings. The highest BCUT2D eigenvalue weighted by Gasteiger charge is 2.10. The van der Waals surface area contributed by atoms with Gasteiger partial charge in [-0.1, -0.05) is 12.1 Å². The Morgan fingerprint density at radius 1 is 0.964 bits per heavy atom. The van der Waals surface area contributed by atoms with Crippen LogP contribution in [0.3, 0.4) is 0 Å². The Kier molecular flexibility index (Phi) is 6.35. The maximum atomic E-state index is 12.3. The summed E-state index contributed by atoms with van der Waals surface area (Å²) < 4.78 is 10.5. The van der Waals surface area contributed by atoms with E-state index >= 15 is 0 Å². The van der Waals surface area contributed by atoms with Crippen LogP contribution in [0.4, 0.5) is 5.95 Å². The van der Waals surface area contributed by atoms with Gasteiger partial charge in [-0.05, 0) is 35.9 Å². The van der Waals surface area contributed by atoms with Gasteiger partial charge in [-0.3, -0.25) is 9.78 Å². The summed E-state index contributed by atoms with van der Waals surface area (Å²) in [5.41, 5.74) is 2.02. The topological polar surface area (TPSA) is 98.3 Å². The summed E-state index contributed by atoms with van der Waals surface area (Å²) in [6.45, 7) is 0.803. The van der Waals surface area contributed by atoms with Crippen LogP contribution < -0.4 is 20.1 Å². The second-order valence-electron chi connectivity index (χ2n) is 5.81. The first-order valence-corrected chi connectivity index (χ1v) is 8.65. The molecule has 0 radical (unpaired) electrons. The van der Waals surface area contributed by atoms with E-state index in [-0.39, 0.29) is 11.6 Å². The number of carbonyl (C=O) groups excluding carboxylic acids is 1. The van der Waals surface area contributed by atoms with Gasteiger partial charge < -0.3 is 20.1 Å². The Bertz CT molecular complexity index is 934. The molecule has 0 atom stereocenters. The summed E-state index contributed by atoms with van der Waals surface area (Å²) in [4.78, 5) is 24.9. The van der Waals surface area contributed by atoms with Crippen molar-refractivity contribution in [3.63, 3.8) is 0 Å². The summed E-state index contributed by atoms with van der Waals surface area (Å²) in [7, 11) is 3.18. The van der Waals surface area contributed by atoms with E-state index in [0.29, 0.717) is 30.5 Å². The molecule has 0 saturated carbocycles. The van der Waals surface area contributed by atoms with Crippen LogP contribution in [0.1, 0.15) is 21.7 Å². The predicted octanol–water partition coefficient (Wildman–Crippen LogP) is 2.43. The van der Waals surface area contributed by atoms with Gasteiger partial charge in [-0.25, -0.2) is 9.97 Å². The van der Waals surface area contributed by atoms with E-state index in [0.717, 1.165) is 11.3 Å². The molecule has 144 valence electrons. The normalized spacial score (nSPS) is 10.2. The molecule has 0 bridgehead atoms. The maximum absolute atomic E-state index is 12.3. The smallest absolute Gasteiger partial charge is 0.270 e. The van der Waals surface area contributed by atoms with Crippen molar-refractivity contribution in [2.45, 2.75) is 13.1 Å². The second kappa shape index (κ2) is 9.31. The molecule has 1 aromatic carbocycles. The molecule has 2 N–H and O–H groups in total. The number of rotatable bonds is 8. The van der Waals surface area contributed by atoms with Gasteiger partial charge in [-0.15, -0.1) is 0 Å². The molecule has 0 spiro atoms. The fraction of sp³-hybridized carbons (Fsp3) is 0.200. The number of methoxy groups -OCH3 is 2. The molecule has 2 aromatic heterocycles. The van der Waals surface area contributed by atoms with Gasteiger partial charge >= 0.3 is 0 Å². The summed E-state index contributed by atoms with van der Waals surface area (Å²) >= 11 is 0. The van der Waals surface area contributed by atoms with Gasteiger partial charge in [0.05, 0.1) is 26.5 Å². The number of aromatic nitrogens is 3. The Morgan fingerprint density at radius 3 is 2.57 bits per heavy atom. The molecule has 3 rings (SSSR count). The molecule has 3 aromatic rings. The molecule has 8 heteroatoms. The third-order valence-electron chi connectivity index (χ3n) is 3.94. The van der Waals surface area contributed by atoms with Crippen molar-refractivity contribution in [1.29, 1.82) is 0 Å². The maximum Gasteiger partial charge on any atom is 0.270 e. The van der Waals surface area contributed by atoms with E-state index < -0.39 is 0 Å². The van der Waals surface area contributed by atoms with Crippen molar-refractivity contribution in [2.75, 3.05) is 19.5 Å². The van der Waals surface area contributed by atoms with Crippen LogP contribution in [-0.2, 0) is 13.1 Å². The molecular weight excluding hydrogens is 358 g/mol. The minimum atomic E-state index is -0.290. The zero-order valence-corrected chi connectivity index (χ0v) is 15.7. The van der Waals surface area contributed by atoms with Gasteiger partial charge in [0.15, 0.2) is 11.5 Å². The number of hydrogen-bond acceptors (Lipinski definition) is 7. The van der Waals surface area contributed by atoms with Crippen LogP contribution in [0, 0.1) is 0 Å². The molecule has 0 unspecified atom stereocenters. The van der Waals surface area contributed by atoms with Crippen LogP contribution in [0.2, 0.25) is 0 Å². The Labute approximate surface area is 163 Å². The minimum Gasteiger partial charge on any atom is -0.493 e. The molecule has 2 heterocycles. The van der Waals surface area contributed by atoms with E-state index in [1.807, 2.05) is 36.4 Å². The Morgan fingerprint density at radius 2 is 1.82 bits per heavy atom. The Hall–Kier alpha value is -3.68. The van der Waals surface area contributed by atoms with Gasteiger partial charge in [0.2, 0.25) is 5.95 Å². The van der Waals surface area contributed by atoms with Crippen LogP contribution in [-0.4, -0.2) is 35.1 Å². The zero-order chi connectivity index (χ0) is 19.8. The lowest BCUT2D eigenvalue weighted by Gasteiger charge is -2.10. The number of anilines is 1. The van der Waals surface area contributed by atoms with Crippen molar-refractivity contribution in [2.24, 2.45) is 0 Å². The number of benzene rings is 1. The lowest BCUT2D eigenvalue weighted by atomic mass is 10.2. The lowest BCUT2D eigenvalue weighted by molar-refractivity contribution is 0.0945. The summed E-state index contributed by atoms with van der Waals surface area (Å²) in [5.74, 6) is 1.38. The molecule has 0 aliphatic carbocycles. The average Bonchev–Trinajstić information content (AvgIpc) is 2.76. The molecule has 1 amide bonds. The van der Waals surface area contributed by atoms with Crippen molar-refractivity contribution in [1.82, 2.24) is 20.3 Å². The molecule has 0 aliphatic heterocycles. The SMILES string of the molecule is COc1ccc(CNc2nccc(C(=O)NCc3ccccn3)n2)cc1OC. The average molecular weight is 379 g/mol. The van der Waals surface area contributed by atoms with Crippen LogP contribution in [0.5, 0.6) is 11.5 Å². The minimum absolute atomic E-state index is 0.278. The summed E-state index contributed by atoms with van der Waals surface area (Å²) in [6.07, 6.45) is 3.22. The van der Waals surface area contributed by atoms with Crippen LogP contribution in [0.25, 0.3) is 0 Å². The third kappa shape index (κ3) is 4.94. The quantitative estimate of drug-likeness (QED) is 0.620. The van der Waals surface area contributed by atoms with E-state index in [1.54, 1.807) is 32.7 Å². The highest BCUT2D eigenvalue weighted by Crippen LogP contribution is 2.27. The van der Waals surface area contributed by atoms with E-state index in [2.05, 4.69) is 25.6 Å². The lowest BCUT2D eigenvalue weighted by Crippen LogP contribution is -2.24. The van der Waals surface area contributed by atoms with Gasteiger partial charge in [0.25, 0.3) is 5.91 Å². The van der Waals surface area contributed by atoms with Crippen LogP contribution >= 0.6 is 0 Å². The van der Waals surface area contributed by atoms with E-state index in [1.165, 1.54) is 0 Å². The number of pyridine rings is 1. The fourth-order valence-electron chi connectivity index (χ4n) is 2.51. The van der Waals surface area contributed by atoms with Gasteiger partial charge in [-0.2, -0.15) is 0 Å². The highest BCUT2D eigenvalue weighted by molar-refractivity contribution is 5.92. The van der Waals surface area contributed by atoms with E-state index in [9.17, 15) is 4.79 Å². The largest absolute Gasteiger partial charge is 0.493 e. The number of nitrogens with one attached hydrogen (secondary N) is 2. The van der Waals surface area contributed by atoms with Crippen molar-refractivity contribution >= 4 is 11.9 Å². The monoisotopic (exact) mass is 379 g/mol. The van der Waals surface area contributed by atoms with Gasteiger partial charge in [0.1, 0.15) is 5.69 Å². The predicted molar refractivity (Wildman–Crippen MR) is 104 cm³/mol. The first-order valence-electron chi connectivity index (χ1n) is 8.65. The highest BCUT2D eigenvalue weighted by atomic mass is 16.5. The number of hydrogen-bond donors (Lipinski definition) is 2. The number of carbonyl (C=O) groups is 1. The van der Waals surface area contributed by atoms with Crippen LogP contribution in [0.15, 0.2) is 54.9 Å². The zero-order valence-electron chi connectivity index (χ0n) is 15.7. The Balaban J connectivity index is 1.61. The molecule has 8 nitrogen and oxygen atoms in total.